The Hall–Kier alpha value is -4.04. The number of aromatic nitrogens is 2. The summed E-state index contributed by atoms with van der Waals surface area (Å²) >= 11 is 1.26. The molecule has 3 rings (SSSR count). The van der Waals surface area contributed by atoms with Crippen LogP contribution in [0.25, 0.3) is 11.3 Å². The standard InChI is InChI=1S/C19H16N6O4S/c1-28-11-4-5-14(29-2)16(8-11)30-15-6-3-10(25(26)27)7-12(15)17-13(9-20)18(21)24-19(22)23-17/h3-8H,1-2H3,(H4,21,22,23,24). The first-order valence-corrected chi connectivity index (χ1v) is 9.21. The van der Waals surface area contributed by atoms with Crippen LogP contribution in [0.1, 0.15) is 5.56 Å². The number of non-ortho nitro benzene ring substituents is 1. The summed E-state index contributed by atoms with van der Waals surface area (Å²) in [6.45, 7) is 0. The lowest BCUT2D eigenvalue weighted by molar-refractivity contribution is -0.384. The highest BCUT2D eigenvalue weighted by molar-refractivity contribution is 7.99. The second-order valence-electron chi connectivity index (χ2n) is 5.86. The Labute approximate surface area is 175 Å². The highest BCUT2D eigenvalue weighted by Crippen LogP contribution is 2.43. The molecular formula is C19H16N6O4S. The Bertz CT molecular complexity index is 1180. The molecule has 0 aliphatic rings. The Kier molecular flexibility index (Phi) is 5.89. The third-order valence-electron chi connectivity index (χ3n) is 4.09. The summed E-state index contributed by atoms with van der Waals surface area (Å²) in [5, 5.41) is 20.9. The molecule has 3 aromatic rings. The van der Waals surface area contributed by atoms with Gasteiger partial charge in [0.15, 0.2) is 0 Å². The first-order valence-electron chi connectivity index (χ1n) is 8.39. The van der Waals surface area contributed by atoms with Crippen LogP contribution in [-0.2, 0) is 0 Å². The maximum Gasteiger partial charge on any atom is 0.270 e. The number of nitrogens with zero attached hydrogens (tertiary/aromatic N) is 4. The molecular weight excluding hydrogens is 408 g/mol. The van der Waals surface area contributed by atoms with Crippen molar-refractivity contribution in [3.63, 3.8) is 0 Å². The molecule has 4 N–H and O–H groups in total. The zero-order chi connectivity index (χ0) is 21.8. The maximum atomic E-state index is 11.3. The van der Waals surface area contributed by atoms with Gasteiger partial charge in [0, 0.05) is 22.6 Å². The van der Waals surface area contributed by atoms with E-state index in [1.54, 1.807) is 31.4 Å². The van der Waals surface area contributed by atoms with Gasteiger partial charge in [0.05, 0.1) is 29.7 Å². The molecule has 0 amide bonds. The van der Waals surface area contributed by atoms with Crippen LogP contribution in [0, 0.1) is 21.4 Å². The largest absolute Gasteiger partial charge is 0.497 e. The number of ether oxygens (including phenoxy) is 2. The van der Waals surface area contributed by atoms with E-state index in [2.05, 4.69) is 9.97 Å². The summed E-state index contributed by atoms with van der Waals surface area (Å²) in [5.74, 6) is 0.923. The van der Waals surface area contributed by atoms with Crippen LogP contribution in [-0.4, -0.2) is 29.1 Å². The van der Waals surface area contributed by atoms with Gasteiger partial charge in [0.1, 0.15) is 28.9 Å². The van der Waals surface area contributed by atoms with Crippen molar-refractivity contribution in [1.29, 1.82) is 5.26 Å². The Morgan fingerprint density at radius 2 is 1.87 bits per heavy atom. The minimum absolute atomic E-state index is 0.0239. The van der Waals surface area contributed by atoms with Crippen molar-refractivity contribution >= 4 is 29.2 Å². The Balaban J connectivity index is 2.24. The first-order chi connectivity index (χ1) is 14.4. The zero-order valence-corrected chi connectivity index (χ0v) is 16.8. The average molecular weight is 424 g/mol. The van der Waals surface area contributed by atoms with E-state index in [4.69, 9.17) is 20.9 Å². The van der Waals surface area contributed by atoms with Gasteiger partial charge < -0.3 is 20.9 Å². The van der Waals surface area contributed by atoms with E-state index in [1.807, 2.05) is 6.07 Å². The molecule has 2 aromatic carbocycles. The minimum Gasteiger partial charge on any atom is -0.497 e. The molecule has 0 radical (unpaired) electrons. The minimum atomic E-state index is -0.538. The van der Waals surface area contributed by atoms with Gasteiger partial charge in [-0.15, -0.1) is 0 Å². The molecule has 0 unspecified atom stereocenters. The predicted molar refractivity (Wildman–Crippen MR) is 111 cm³/mol. The van der Waals surface area contributed by atoms with Crippen molar-refractivity contribution in [3.05, 3.63) is 52.1 Å². The third-order valence-corrected chi connectivity index (χ3v) is 5.20. The Morgan fingerprint density at radius 1 is 1.10 bits per heavy atom. The number of rotatable bonds is 6. The smallest absolute Gasteiger partial charge is 0.270 e. The van der Waals surface area contributed by atoms with Crippen molar-refractivity contribution in [2.45, 2.75) is 9.79 Å². The number of anilines is 2. The molecule has 10 nitrogen and oxygen atoms in total. The van der Waals surface area contributed by atoms with Gasteiger partial charge in [-0.25, -0.2) is 4.98 Å². The number of nitrogen functional groups attached to an aromatic ring is 2. The topological polar surface area (TPSA) is 163 Å². The number of nitriles is 1. The summed E-state index contributed by atoms with van der Waals surface area (Å²) in [5.41, 5.74) is 11.8. The normalized spacial score (nSPS) is 10.3. The fourth-order valence-electron chi connectivity index (χ4n) is 2.69. The van der Waals surface area contributed by atoms with Crippen molar-refractivity contribution in [1.82, 2.24) is 9.97 Å². The quantitative estimate of drug-likeness (QED) is 0.443. The van der Waals surface area contributed by atoms with E-state index in [1.165, 1.54) is 31.0 Å². The van der Waals surface area contributed by atoms with Crippen molar-refractivity contribution in [2.24, 2.45) is 0 Å². The fraction of sp³-hybridized carbons (Fsp3) is 0.105. The first kappa shape index (κ1) is 20.7. The van der Waals surface area contributed by atoms with Gasteiger partial charge in [-0.05, 0) is 24.3 Å². The molecule has 0 aliphatic heterocycles. The molecule has 1 heterocycles. The van der Waals surface area contributed by atoms with Crippen LogP contribution in [0.15, 0.2) is 46.2 Å². The van der Waals surface area contributed by atoms with E-state index < -0.39 is 4.92 Å². The SMILES string of the molecule is COc1ccc(OC)c(Sc2ccc([N+](=O)[O-])cc2-c2nc(N)nc(N)c2C#N)c1. The van der Waals surface area contributed by atoms with Crippen LogP contribution < -0.4 is 20.9 Å². The van der Waals surface area contributed by atoms with Crippen molar-refractivity contribution < 1.29 is 14.4 Å². The van der Waals surface area contributed by atoms with E-state index in [0.717, 1.165) is 0 Å². The average Bonchev–Trinajstić information content (AvgIpc) is 2.73. The van der Waals surface area contributed by atoms with Gasteiger partial charge >= 0.3 is 0 Å². The molecule has 0 saturated heterocycles. The highest BCUT2D eigenvalue weighted by Gasteiger charge is 2.21. The lowest BCUT2D eigenvalue weighted by Gasteiger charge is -2.14. The molecule has 0 bridgehead atoms. The zero-order valence-electron chi connectivity index (χ0n) is 15.9. The summed E-state index contributed by atoms with van der Waals surface area (Å²) in [6, 6.07) is 11.4. The van der Waals surface area contributed by atoms with Crippen LogP contribution in [0.4, 0.5) is 17.5 Å². The molecule has 0 atom stereocenters. The number of methoxy groups -OCH3 is 2. The van der Waals surface area contributed by atoms with Crippen LogP contribution >= 0.6 is 11.8 Å². The fourth-order valence-corrected chi connectivity index (χ4v) is 3.75. The van der Waals surface area contributed by atoms with Crippen molar-refractivity contribution in [3.8, 4) is 28.8 Å². The summed E-state index contributed by atoms with van der Waals surface area (Å²) < 4.78 is 10.7. The molecule has 0 fully saturated rings. The second-order valence-corrected chi connectivity index (χ2v) is 6.94. The van der Waals surface area contributed by atoms with E-state index in [0.29, 0.717) is 26.9 Å². The van der Waals surface area contributed by atoms with Gasteiger partial charge in [-0.1, -0.05) is 11.8 Å². The van der Waals surface area contributed by atoms with Gasteiger partial charge in [0.25, 0.3) is 5.69 Å². The summed E-state index contributed by atoms with van der Waals surface area (Å²) in [6.07, 6.45) is 0. The molecule has 152 valence electrons. The van der Waals surface area contributed by atoms with E-state index in [-0.39, 0.29) is 28.7 Å². The monoisotopic (exact) mass is 424 g/mol. The van der Waals surface area contributed by atoms with Gasteiger partial charge in [-0.3, -0.25) is 10.1 Å². The number of hydrogen-bond acceptors (Lipinski definition) is 10. The van der Waals surface area contributed by atoms with E-state index >= 15 is 0 Å². The number of nitro groups is 1. The van der Waals surface area contributed by atoms with Crippen LogP contribution in [0.3, 0.4) is 0 Å². The molecule has 0 aliphatic carbocycles. The summed E-state index contributed by atoms with van der Waals surface area (Å²) in [7, 11) is 3.07. The lowest BCUT2D eigenvalue weighted by Crippen LogP contribution is -2.05. The number of nitro benzene ring substituents is 1. The van der Waals surface area contributed by atoms with Crippen LogP contribution in [0.2, 0.25) is 0 Å². The maximum absolute atomic E-state index is 11.3. The summed E-state index contributed by atoms with van der Waals surface area (Å²) in [4.78, 5) is 20.0. The van der Waals surface area contributed by atoms with Crippen molar-refractivity contribution in [2.75, 3.05) is 25.7 Å². The second kappa shape index (κ2) is 8.54. The highest BCUT2D eigenvalue weighted by atomic mass is 32.2. The van der Waals surface area contributed by atoms with Crippen LogP contribution in [0.5, 0.6) is 11.5 Å². The Morgan fingerprint density at radius 3 is 2.50 bits per heavy atom. The molecule has 1 aromatic heterocycles. The number of benzene rings is 2. The third kappa shape index (κ3) is 4.03. The number of nitrogens with two attached hydrogens (primary N) is 2. The molecule has 30 heavy (non-hydrogen) atoms. The van der Waals surface area contributed by atoms with Gasteiger partial charge in [-0.2, -0.15) is 10.2 Å². The molecule has 11 heteroatoms. The van der Waals surface area contributed by atoms with Gasteiger partial charge in [0.2, 0.25) is 5.95 Å². The molecule has 0 saturated carbocycles. The number of hydrogen-bond donors (Lipinski definition) is 2. The van der Waals surface area contributed by atoms with E-state index in [9.17, 15) is 15.4 Å². The molecule has 0 spiro atoms. The lowest BCUT2D eigenvalue weighted by atomic mass is 10.1. The predicted octanol–water partition coefficient (Wildman–Crippen LogP) is 3.26.